The number of rotatable bonds is 6. The van der Waals surface area contributed by atoms with Gasteiger partial charge in [0.05, 0.1) is 0 Å². The Morgan fingerprint density at radius 3 is 2.95 bits per heavy atom. The molecule has 1 unspecified atom stereocenters. The molecule has 0 saturated carbocycles. The summed E-state index contributed by atoms with van der Waals surface area (Å²) in [6, 6.07) is 6.59. The fourth-order valence-corrected chi connectivity index (χ4v) is 3.03. The summed E-state index contributed by atoms with van der Waals surface area (Å²) in [6.07, 6.45) is 2.06. The maximum Gasteiger partial charge on any atom is 0.0471 e. The quantitative estimate of drug-likeness (QED) is 0.847. The van der Waals surface area contributed by atoms with Gasteiger partial charge >= 0.3 is 0 Å². The van der Waals surface area contributed by atoms with Gasteiger partial charge in [0.15, 0.2) is 0 Å². The highest BCUT2D eigenvalue weighted by molar-refractivity contribution is 6.31. The Labute approximate surface area is 126 Å². The summed E-state index contributed by atoms with van der Waals surface area (Å²) in [5.41, 5.74) is 2.43. The van der Waals surface area contributed by atoms with Gasteiger partial charge in [-0.15, -0.1) is 0 Å². The summed E-state index contributed by atoms with van der Waals surface area (Å²) < 4.78 is 0. The van der Waals surface area contributed by atoms with E-state index in [1.165, 1.54) is 11.3 Å². The van der Waals surface area contributed by atoms with Gasteiger partial charge in [0.1, 0.15) is 0 Å². The van der Waals surface area contributed by atoms with Gasteiger partial charge in [-0.25, -0.2) is 0 Å². The van der Waals surface area contributed by atoms with E-state index < -0.39 is 0 Å². The molecule has 1 aliphatic heterocycles. The summed E-state index contributed by atoms with van der Waals surface area (Å²) in [6.45, 7) is 7.45. The normalized spacial score (nSPS) is 19.1. The molecule has 0 radical (unpaired) electrons. The summed E-state index contributed by atoms with van der Waals surface area (Å²) in [4.78, 5) is 2.41. The van der Waals surface area contributed by atoms with Crippen LogP contribution in [-0.4, -0.2) is 30.8 Å². The predicted molar refractivity (Wildman–Crippen MR) is 85.5 cm³/mol. The van der Waals surface area contributed by atoms with Gasteiger partial charge < -0.3 is 15.3 Å². The molecule has 2 N–H and O–H groups in total. The number of benzene rings is 1. The van der Waals surface area contributed by atoms with Crippen molar-refractivity contribution in [1.82, 2.24) is 5.32 Å². The molecule has 2 rings (SSSR count). The van der Waals surface area contributed by atoms with Crippen LogP contribution >= 0.6 is 11.6 Å². The largest absolute Gasteiger partial charge is 0.396 e. The minimum Gasteiger partial charge on any atom is -0.396 e. The van der Waals surface area contributed by atoms with E-state index in [2.05, 4.69) is 30.1 Å². The minimum atomic E-state index is 0.288. The van der Waals surface area contributed by atoms with Crippen molar-refractivity contribution in [2.75, 3.05) is 24.6 Å². The SMILES string of the molecule is CC(C)NCc1c(Cl)cccc1N1CCC(CCO)C1. The minimum absolute atomic E-state index is 0.288. The van der Waals surface area contributed by atoms with Crippen LogP contribution in [0.2, 0.25) is 5.02 Å². The van der Waals surface area contributed by atoms with Gasteiger partial charge in [-0.1, -0.05) is 31.5 Å². The molecule has 4 heteroatoms. The van der Waals surface area contributed by atoms with E-state index in [0.29, 0.717) is 12.0 Å². The third-order valence-corrected chi connectivity index (χ3v) is 4.30. The maximum atomic E-state index is 9.08. The Balaban J connectivity index is 2.13. The molecule has 112 valence electrons. The van der Waals surface area contributed by atoms with Crippen LogP contribution in [0.1, 0.15) is 32.3 Å². The van der Waals surface area contributed by atoms with Gasteiger partial charge in [-0.3, -0.25) is 0 Å². The molecule has 0 spiro atoms. The molecular formula is C16H25ClN2O. The lowest BCUT2D eigenvalue weighted by Gasteiger charge is -2.23. The Kier molecular flexibility index (Phi) is 5.70. The Bertz CT molecular complexity index is 436. The fraction of sp³-hybridized carbons (Fsp3) is 0.625. The number of nitrogens with zero attached hydrogens (tertiary/aromatic N) is 1. The first-order valence-corrected chi connectivity index (χ1v) is 7.86. The summed E-state index contributed by atoms with van der Waals surface area (Å²) in [5.74, 6) is 0.602. The molecule has 1 atom stereocenters. The number of hydrogen-bond donors (Lipinski definition) is 2. The first-order chi connectivity index (χ1) is 9.61. The van der Waals surface area contributed by atoms with Crippen LogP contribution in [0, 0.1) is 5.92 Å². The van der Waals surface area contributed by atoms with Crippen molar-refractivity contribution in [2.24, 2.45) is 5.92 Å². The monoisotopic (exact) mass is 296 g/mol. The van der Waals surface area contributed by atoms with E-state index in [1.807, 2.05) is 12.1 Å². The topological polar surface area (TPSA) is 35.5 Å². The third-order valence-electron chi connectivity index (χ3n) is 3.95. The van der Waals surface area contributed by atoms with Crippen LogP contribution in [-0.2, 0) is 6.54 Å². The summed E-state index contributed by atoms with van der Waals surface area (Å²) in [5, 5.41) is 13.4. The molecule has 20 heavy (non-hydrogen) atoms. The van der Waals surface area contributed by atoms with Crippen molar-refractivity contribution in [3.8, 4) is 0 Å². The second-order valence-electron chi connectivity index (χ2n) is 5.89. The van der Waals surface area contributed by atoms with Crippen molar-refractivity contribution in [2.45, 2.75) is 39.3 Å². The smallest absolute Gasteiger partial charge is 0.0471 e. The fourth-order valence-electron chi connectivity index (χ4n) is 2.79. The summed E-state index contributed by atoms with van der Waals surface area (Å²) in [7, 11) is 0. The third kappa shape index (κ3) is 3.87. The van der Waals surface area contributed by atoms with E-state index in [9.17, 15) is 0 Å². The highest BCUT2D eigenvalue weighted by Crippen LogP contribution is 2.32. The highest BCUT2D eigenvalue weighted by atomic mass is 35.5. The lowest BCUT2D eigenvalue weighted by molar-refractivity contribution is 0.263. The molecule has 0 amide bonds. The lowest BCUT2D eigenvalue weighted by Crippen LogP contribution is -2.26. The molecule has 1 fully saturated rings. The molecular weight excluding hydrogens is 272 g/mol. The zero-order valence-corrected chi connectivity index (χ0v) is 13.2. The van der Waals surface area contributed by atoms with Gasteiger partial charge in [0.2, 0.25) is 0 Å². The highest BCUT2D eigenvalue weighted by Gasteiger charge is 2.24. The Morgan fingerprint density at radius 2 is 2.25 bits per heavy atom. The molecule has 1 aromatic rings. The van der Waals surface area contributed by atoms with Crippen molar-refractivity contribution < 1.29 is 5.11 Å². The summed E-state index contributed by atoms with van der Waals surface area (Å²) >= 11 is 6.38. The number of nitrogens with one attached hydrogen (secondary N) is 1. The van der Waals surface area contributed by atoms with Crippen molar-refractivity contribution >= 4 is 17.3 Å². The zero-order valence-electron chi connectivity index (χ0n) is 12.4. The first kappa shape index (κ1) is 15.6. The van der Waals surface area contributed by atoms with Gasteiger partial charge in [0.25, 0.3) is 0 Å². The second-order valence-corrected chi connectivity index (χ2v) is 6.29. The molecule has 1 aromatic carbocycles. The van der Waals surface area contributed by atoms with E-state index in [-0.39, 0.29) is 6.61 Å². The Morgan fingerprint density at radius 1 is 1.45 bits per heavy atom. The van der Waals surface area contributed by atoms with Crippen molar-refractivity contribution in [1.29, 1.82) is 0 Å². The Hall–Kier alpha value is -0.770. The van der Waals surface area contributed by atoms with E-state index >= 15 is 0 Å². The van der Waals surface area contributed by atoms with Crippen LogP contribution in [0.15, 0.2) is 18.2 Å². The van der Waals surface area contributed by atoms with Gasteiger partial charge in [0, 0.05) is 48.6 Å². The van der Waals surface area contributed by atoms with Gasteiger partial charge in [-0.05, 0) is 30.9 Å². The molecule has 1 aliphatic rings. The lowest BCUT2D eigenvalue weighted by atomic mass is 10.1. The number of aliphatic hydroxyl groups excluding tert-OH is 1. The number of hydrogen-bond acceptors (Lipinski definition) is 3. The average molecular weight is 297 g/mol. The molecule has 0 aromatic heterocycles. The first-order valence-electron chi connectivity index (χ1n) is 7.48. The predicted octanol–water partition coefficient (Wildman–Crippen LogP) is 3.05. The maximum absolute atomic E-state index is 9.08. The molecule has 0 aliphatic carbocycles. The van der Waals surface area contributed by atoms with Crippen LogP contribution in [0.3, 0.4) is 0 Å². The second kappa shape index (κ2) is 7.30. The number of aliphatic hydroxyl groups is 1. The van der Waals surface area contributed by atoms with E-state index in [4.69, 9.17) is 16.7 Å². The van der Waals surface area contributed by atoms with Crippen molar-refractivity contribution in [3.05, 3.63) is 28.8 Å². The van der Waals surface area contributed by atoms with E-state index in [0.717, 1.165) is 37.5 Å². The van der Waals surface area contributed by atoms with Crippen LogP contribution in [0.25, 0.3) is 0 Å². The average Bonchev–Trinajstić information content (AvgIpc) is 2.86. The number of anilines is 1. The zero-order chi connectivity index (χ0) is 14.5. The van der Waals surface area contributed by atoms with Crippen molar-refractivity contribution in [3.63, 3.8) is 0 Å². The molecule has 1 saturated heterocycles. The van der Waals surface area contributed by atoms with Crippen LogP contribution in [0.4, 0.5) is 5.69 Å². The standard InChI is InChI=1S/C16H25ClN2O/c1-12(2)18-10-14-15(17)4-3-5-16(14)19-8-6-13(11-19)7-9-20/h3-5,12-13,18,20H,6-11H2,1-2H3. The van der Waals surface area contributed by atoms with Crippen LogP contribution in [0.5, 0.6) is 0 Å². The molecule has 1 heterocycles. The molecule has 3 nitrogen and oxygen atoms in total. The number of halogens is 1. The van der Waals surface area contributed by atoms with E-state index in [1.54, 1.807) is 0 Å². The van der Waals surface area contributed by atoms with Gasteiger partial charge in [-0.2, -0.15) is 0 Å². The molecule has 0 bridgehead atoms. The van der Waals surface area contributed by atoms with Crippen LogP contribution < -0.4 is 10.2 Å².